The molecule has 0 spiro atoms. The van der Waals surface area contributed by atoms with Gasteiger partial charge in [-0.05, 0) is 25.8 Å². The third kappa shape index (κ3) is 3.24. The van der Waals surface area contributed by atoms with E-state index in [0.29, 0.717) is 54.2 Å². The van der Waals surface area contributed by atoms with Gasteiger partial charge in [-0.25, -0.2) is 4.98 Å². The second-order valence-electron chi connectivity index (χ2n) is 8.11. The minimum absolute atomic E-state index is 0.0679. The number of carbonyl (C=O) groups excluding carboxylic acids is 2. The van der Waals surface area contributed by atoms with Gasteiger partial charge in [0.15, 0.2) is 0 Å². The lowest BCUT2D eigenvalue weighted by molar-refractivity contribution is -0.139. The van der Waals surface area contributed by atoms with Crippen molar-refractivity contribution in [2.24, 2.45) is 5.92 Å². The summed E-state index contributed by atoms with van der Waals surface area (Å²) in [5.41, 5.74) is 3.17. The van der Waals surface area contributed by atoms with Crippen molar-refractivity contribution in [3.63, 3.8) is 0 Å². The highest BCUT2D eigenvalue weighted by Crippen LogP contribution is 2.30. The molecule has 2 aliphatic rings. The van der Waals surface area contributed by atoms with Gasteiger partial charge in [0, 0.05) is 37.7 Å². The summed E-state index contributed by atoms with van der Waals surface area (Å²) < 4.78 is 5.40. The molecule has 1 aromatic carbocycles. The predicted octanol–water partition coefficient (Wildman–Crippen LogP) is 3.28. The number of hydrogen-bond acceptors (Lipinski definition) is 5. The molecular weight excluding hydrogens is 380 g/mol. The number of hydrogen-bond donors (Lipinski definition) is 0. The molecule has 7 heteroatoms. The van der Waals surface area contributed by atoms with Crippen LogP contribution in [0.3, 0.4) is 0 Å². The van der Waals surface area contributed by atoms with Gasteiger partial charge in [-0.3, -0.25) is 9.59 Å². The molecule has 0 unspecified atom stereocenters. The Morgan fingerprint density at radius 2 is 1.73 bits per heavy atom. The Balaban J connectivity index is 1.42. The lowest BCUT2D eigenvalue weighted by Gasteiger charge is -2.38. The molecule has 30 heavy (non-hydrogen) atoms. The summed E-state index contributed by atoms with van der Waals surface area (Å²) in [4.78, 5) is 34.3. The van der Waals surface area contributed by atoms with Gasteiger partial charge in [0.25, 0.3) is 11.6 Å². The number of nitrogens with zero attached hydrogens (tertiary/aromatic N) is 4. The Hall–Kier alpha value is -3.22. The van der Waals surface area contributed by atoms with Crippen LogP contribution in [-0.4, -0.2) is 57.9 Å². The van der Waals surface area contributed by atoms with E-state index in [1.807, 2.05) is 53.1 Å². The summed E-state index contributed by atoms with van der Waals surface area (Å²) in [5.74, 6) is 0.377. The van der Waals surface area contributed by atoms with Crippen LogP contribution >= 0.6 is 0 Å². The largest absolute Gasteiger partial charge is 0.339 e. The number of pyridine rings is 1. The van der Waals surface area contributed by atoms with E-state index >= 15 is 0 Å². The first kappa shape index (κ1) is 18.8. The molecule has 154 valence electrons. The Morgan fingerprint density at radius 1 is 1.03 bits per heavy atom. The van der Waals surface area contributed by atoms with Gasteiger partial charge in [-0.1, -0.05) is 41.9 Å². The quantitative estimate of drug-likeness (QED) is 0.669. The topological polar surface area (TPSA) is 79.5 Å². The van der Waals surface area contributed by atoms with Gasteiger partial charge >= 0.3 is 0 Å². The van der Waals surface area contributed by atoms with Gasteiger partial charge in [-0.2, -0.15) is 0 Å². The van der Waals surface area contributed by atoms with Crippen LogP contribution in [0.4, 0.5) is 0 Å². The zero-order valence-corrected chi connectivity index (χ0v) is 17.0. The fraction of sp³-hybridized carbons (Fsp3) is 0.391. The monoisotopic (exact) mass is 404 g/mol. The molecule has 0 N–H and O–H groups in total. The fourth-order valence-electron chi connectivity index (χ4n) is 4.23. The highest BCUT2D eigenvalue weighted by atomic mass is 16.5. The summed E-state index contributed by atoms with van der Waals surface area (Å²) in [6.07, 6.45) is 3.15. The maximum absolute atomic E-state index is 13.5. The highest BCUT2D eigenvalue weighted by molar-refractivity contribution is 6.07. The Labute approximate surface area is 174 Å². The lowest BCUT2D eigenvalue weighted by Crippen LogP contribution is -2.52. The molecule has 0 bridgehead atoms. The number of carbonyl (C=O) groups is 2. The van der Waals surface area contributed by atoms with Crippen LogP contribution in [-0.2, 0) is 4.79 Å². The summed E-state index contributed by atoms with van der Waals surface area (Å²) in [6.45, 7) is 4.06. The fourth-order valence-corrected chi connectivity index (χ4v) is 4.23. The first-order valence-corrected chi connectivity index (χ1v) is 10.5. The van der Waals surface area contributed by atoms with Crippen molar-refractivity contribution in [1.82, 2.24) is 19.9 Å². The molecule has 7 nitrogen and oxygen atoms in total. The third-order valence-electron chi connectivity index (χ3n) is 6.25. The van der Waals surface area contributed by atoms with E-state index in [9.17, 15) is 9.59 Å². The minimum Gasteiger partial charge on any atom is -0.339 e. The Morgan fingerprint density at radius 3 is 2.40 bits per heavy atom. The van der Waals surface area contributed by atoms with Crippen molar-refractivity contribution in [2.45, 2.75) is 26.2 Å². The van der Waals surface area contributed by atoms with E-state index in [1.165, 1.54) is 0 Å². The molecule has 3 aromatic rings. The van der Waals surface area contributed by atoms with Crippen molar-refractivity contribution in [1.29, 1.82) is 0 Å². The smallest absolute Gasteiger partial charge is 0.259 e. The van der Waals surface area contributed by atoms with E-state index in [2.05, 4.69) is 10.1 Å². The molecule has 1 aliphatic heterocycles. The SMILES string of the molecule is Cc1noc2nc(-c3ccccc3)cc(C(=O)N3CCN(C(=O)C4CCC4)CC3)c12. The second-order valence-corrected chi connectivity index (χ2v) is 8.11. The van der Waals surface area contributed by atoms with E-state index in [4.69, 9.17) is 4.52 Å². The van der Waals surface area contributed by atoms with Crippen molar-refractivity contribution in [2.75, 3.05) is 26.2 Å². The van der Waals surface area contributed by atoms with Gasteiger partial charge in [0.1, 0.15) is 0 Å². The van der Waals surface area contributed by atoms with Crippen LogP contribution in [0, 0.1) is 12.8 Å². The highest BCUT2D eigenvalue weighted by Gasteiger charge is 2.33. The molecule has 0 atom stereocenters. The summed E-state index contributed by atoms with van der Waals surface area (Å²) in [5, 5.41) is 4.69. The van der Waals surface area contributed by atoms with Crippen molar-refractivity contribution in [3.8, 4) is 11.3 Å². The molecule has 1 saturated carbocycles. The standard InChI is InChI=1S/C23H24N4O3/c1-15-20-18(14-19(24-21(20)30-25-15)16-6-3-2-4-7-16)23(29)27-12-10-26(11-13-27)22(28)17-8-5-9-17/h2-4,6-7,14,17H,5,8-13H2,1H3. The molecule has 1 aliphatic carbocycles. The number of rotatable bonds is 3. The number of fused-ring (bicyclic) bond motifs is 1. The number of piperazine rings is 1. The molecular formula is C23H24N4O3. The van der Waals surface area contributed by atoms with E-state index in [1.54, 1.807) is 0 Å². The van der Waals surface area contributed by atoms with Crippen LogP contribution in [0.25, 0.3) is 22.4 Å². The second kappa shape index (κ2) is 7.55. The Kier molecular flexibility index (Phi) is 4.73. The third-order valence-corrected chi connectivity index (χ3v) is 6.25. The molecule has 1 saturated heterocycles. The summed E-state index contributed by atoms with van der Waals surface area (Å²) in [7, 11) is 0. The number of aryl methyl sites for hydroxylation is 1. The average molecular weight is 404 g/mol. The first-order chi connectivity index (χ1) is 14.6. The van der Waals surface area contributed by atoms with Crippen molar-refractivity contribution in [3.05, 3.63) is 47.7 Å². The molecule has 2 aromatic heterocycles. The minimum atomic E-state index is -0.0679. The summed E-state index contributed by atoms with van der Waals surface area (Å²) in [6, 6.07) is 11.6. The van der Waals surface area contributed by atoms with Gasteiger partial charge in [0.05, 0.1) is 22.3 Å². The van der Waals surface area contributed by atoms with E-state index in [0.717, 1.165) is 24.8 Å². The predicted molar refractivity (Wildman–Crippen MR) is 112 cm³/mol. The van der Waals surface area contributed by atoms with E-state index in [-0.39, 0.29) is 17.7 Å². The zero-order chi connectivity index (χ0) is 20.7. The lowest BCUT2D eigenvalue weighted by atomic mass is 9.84. The van der Waals surface area contributed by atoms with Gasteiger partial charge in [-0.15, -0.1) is 0 Å². The van der Waals surface area contributed by atoms with Crippen LogP contribution in [0.15, 0.2) is 40.9 Å². The summed E-state index contributed by atoms with van der Waals surface area (Å²) >= 11 is 0. The van der Waals surface area contributed by atoms with Gasteiger partial charge in [0.2, 0.25) is 5.91 Å². The maximum atomic E-state index is 13.5. The number of benzene rings is 1. The number of amides is 2. The molecule has 2 fully saturated rings. The average Bonchev–Trinajstić information content (AvgIpc) is 3.13. The normalized spacial score (nSPS) is 17.2. The molecule has 0 radical (unpaired) electrons. The maximum Gasteiger partial charge on any atom is 0.259 e. The van der Waals surface area contributed by atoms with Crippen LogP contribution in [0.1, 0.15) is 35.3 Å². The van der Waals surface area contributed by atoms with Crippen molar-refractivity contribution < 1.29 is 14.1 Å². The zero-order valence-electron chi connectivity index (χ0n) is 17.0. The number of aromatic nitrogens is 2. The van der Waals surface area contributed by atoms with Gasteiger partial charge < -0.3 is 14.3 Å². The van der Waals surface area contributed by atoms with Crippen LogP contribution in [0.2, 0.25) is 0 Å². The first-order valence-electron chi connectivity index (χ1n) is 10.5. The van der Waals surface area contributed by atoms with E-state index < -0.39 is 0 Å². The molecule has 2 amide bonds. The van der Waals surface area contributed by atoms with Crippen LogP contribution < -0.4 is 0 Å². The molecule has 3 heterocycles. The molecule has 5 rings (SSSR count). The Bertz CT molecular complexity index is 1100. The van der Waals surface area contributed by atoms with Crippen LogP contribution in [0.5, 0.6) is 0 Å². The van der Waals surface area contributed by atoms with Crippen molar-refractivity contribution >= 4 is 22.9 Å².